The first kappa shape index (κ1) is 23.9. The highest BCUT2D eigenvalue weighted by molar-refractivity contribution is 5.91. The van der Waals surface area contributed by atoms with Gasteiger partial charge < -0.3 is 19.4 Å². The van der Waals surface area contributed by atoms with E-state index in [1.807, 2.05) is 26.0 Å². The average molecular weight is 447 g/mol. The number of rotatable bonds is 8. The van der Waals surface area contributed by atoms with Crippen LogP contribution in [-0.2, 0) is 19.3 Å². The molecule has 0 amide bonds. The molecule has 0 bridgehead atoms. The highest BCUT2D eigenvalue weighted by atomic mass is 16.5. The van der Waals surface area contributed by atoms with Crippen LogP contribution in [0.25, 0.3) is 22.3 Å². The van der Waals surface area contributed by atoms with E-state index in [4.69, 9.17) is 9.15 Å². The van der Waals surface area contributed by atoms with Crippen molar-refractivity contribution >= 4 is 11.0 Å². The van der Waals surface area contributed by atoms with Crippen LogP contribution in [0.5, 0.6) is 17.2 Å². The van der Waals surface area contributed by atoms with Crippen molar-refractivity contribution in [3.8, 4) is 28.6 Å². The predicted molar refractivity (Wildman–Crippen MR) is 133 cm³/mol. The zero-order valence-corrected chi connectivity index (χ0v) is 19.7. The van der Waals surface area contributed by atoms with Gasteiger partial charge in [-0.2, -0.15) is 0 Å². The molecule has 0 radical (unpaired) electrons. The van der Waals surface area contributed by atoms with Crippen LogP contribution in [0.4, 0.5) is 0 Å². The van der Waals surface area contributed by atoms with Crippen molar-refractivity contribution in [2.24, 2.45) is 0 Å². The van der Waals surface area contributed by atoms with Gasteiger partial charge in [-0.25, -0.2) is 0 Å². The standard InChI is InChI=1S/C28H30O5/c1-15(2)10-18-13-19(32-7)8-9-20(18)24-14-23(29)25-27(31)21(11-16(3)4)26(30)22(12-17(5)6)28(25)33-24/h8-9,13-14,30-31H,1,3,5,10-12H2,2,4,6-7H3. The molecule has 0 spiro atoms. The largest absolute Gasteiger partial charge is 0.507 e. The highest BCUT2D eigenvalue weighted by Crippen LogP contribution is 2.42. The first-order valence-electron chi connectivity index (χ1n) is 10.7. The van der Waals surface area contributed by atoms with E-state index in [1.165, 1.54) is 6.07 Å². The quantitative estimate of drug-likeness (QED) is 0.401. The van der Waals surface area contributed by atoms with Crippen LogP contribution in [0.1, 0.15) is 37.5 Å². The van der Waals surface area contributed by atoms with E-state index in [0.29, 0.717) is 35.5 Å². The summed E-state index contributed by atoms with van der Waals surface area (Å²) in [6, 6.07) is 6.88. The Bertz CT molecular complexity index is 1340. The van der Waals surface area contributed by atoms with Crippen molar-refractivity contribution < 1.29 is 19.4 Å². The fourth-order valence-corrected chi connectivity index (χ4v) is 3.96. The van der Waals surface area contributed by atoms with E-state index in [1.54, 1.807) is 20.1 Å². The van der Waals surface area contributed by atoms with Crippen LogP contribution in [0.3, 0.4) is 0 Å². The van der Waals surface area contributed by atoms with Gasteiger partial charge in [0.15, 0.2) is 5.43 Å². The number of phenolic OH excluding ortho intramolecular Hbond substituents is 2. The lowest BCUT2D eigenvalue weighted by Crippen LogP contribution is -2.06. The van der Waals surface area contributed by atoms with E-state index < -0.39 is 5.43 Å². The molecule has 0 aliphatic heterocycles. The Morgan fingerprint density at radius 1 is 0.909 bits per heavy atom. The molecule has 2 aromatic carbocycles. The summed E-state index contributed by atoms with van der Waals surface area (Å²) in [7, 11) is 1.59. The molecule has 2 N–H and O–H groups in total. The van der Waals surface area contributed by atoms with Gasteiger partial charge in [-0.15, -0.1) is 0 Å². The summed E-state index contributed by atoms with van der Waals surface area (Å²) in [5.74, 6) is 0.623. The van der Waals surface area contributed by atoms with Crippen LogP contribution in [0.2, 0.25) is 0 Å². The predicted octanol–water partition coefficient (Wildman–Crippen LogP) is 6.24. The maximum atomic E-state index is 13.2. The third-order valence-electron chi connectivity index (χ3n) is 5.34. The molecule has 1 heterocycles. The number of methoxy groups -OCH3 is 1. The van der Waals surface area contributed by atoms with Gasteiger partial charge in [-0.3, -0.25) is 4.79 Å². The van der Waals surface area contributed by atoms with Crippen LogP contribution in [0, 0.1) is 0 Å². The highest BCUT2D eigenvalue weighted by Gasteiger charge is 2.24. The van der Waals surface area contributed by atoms with E-state index >= 15 is 0 Å². The number of phenols is 2. The second kappa shape index (κ2) is 9.41. The Labute approximate surface area is 194 Å². The molecule has 172 valence electrons. The van der Waals surface area contributed by atoms with Gasteiger partial charge >= 0.3 is 0 Å². The number of aromatic hydroxyl groups is 2. The van der Waals surface area contributed by atoms with Crippen LogP contribution < -0.4 is 10.2 Å². The zero-order valence-electron chi connectivity index (χ0n) is 19.7. The van der Waals surface area contributed by atoms with E-state index in [0.717, 1.165) is 22.3 Å². The first-order valence-corrected chi connectivity index (χ1v) is 10.7. The minimum atomic E-state index is -0.397. The monoisotopic (exact) mass is 446 g/mol. The van der Waals surface area contributed by atoms with Crippen molar-refractivity contribution in [2.45, 2.75) is 40.0 Å². The van der Waals surface area contributed by atoms with Crippen LogP contribution in [-0.4, -0.2) is 17.3 Å². The molecule has 0 aliphatic rings. The van der Waals surface area contributed by atoms with Gasteiger partial charge in [0, 0.05) is 35.6 Å². The number of benzene rings is 2. The maximum absolute atomic E-state index is 13.2. The number of fused-ring (bicyclic) bond motifs is 1. The van der Waals surface area contributed by atoms with Crippen molar-refractivity contribution in [1.29, 1.82) is 0 Å². The molecule has 0 saturated carbocycles. The fourth-order valence-electron chi connectivity index (χ4n) is 3.96. The molecule has 3 rings (SSSR count). The lowest BCUT2D eigenvalue weighted by atomic mass is 9.94. The summed E-state index contributed by atoms with van der Waals surface area (Å²) < 4.78 is 11.6. The average Bonchev–Trinajstić information content (AvgIpc) is 2.72. The third-order valence-corrected chi connectivity index (χ3v) is 5.34. The zero-order chi connectivity index (χ0) is 24.4. The topological polar surface area (TPSA) is 79.9 Å². The molecule has 0 atom stereocenters. The SMILES string of the molecule is C=C(C)Cc1cc(OC)ccc1-c1cc(=O)c2c(O)c(CC(=C)C)c(O)c(CC(=C)C)c2o1. The fraction of sp³-hybridized carbons (Fsp3) is 0.250. The Kier molecular flexibility index (Phi) is 6.82. The Morgan fingerprint density at radius 3 is 2.09 bits per heavy atom. The summed E-state index contributed by atoms with van der Waals surface area (Å²) >= 11 is 0. The maximum Gasteiger partial charge on any atom is 0.197 e. The number of hydrogen-bond donors (Lipinski definition) is 2. The molecule has 0 aliphatic carbocycles. The molecular formula is C28H30O5. The molecule has 0 saturated heterocycles. The normalized spacial score (nSPS) is 10.9. The number of hydrogen-bond acceptors (Lipinski definition) is 5. The molecule has 3 aromatic rings. The summed E-state index contributed by atoms with van der Waals surface area (Å²) in [6.45, 7) is 17.3. The molecule has 0 fully saturated rings. The molecular weight excluding hydrogens is 416 g/mol. The van der Waals surface area contributed by atoms with Crippen molar-refractivity contribution in [1.82, 2.24) is 0 Å². The lowest BCUT2D eigenvalue weighted by molar-refractivity contribution is 0.414. The molecule has 5 nitrogen and oxygen atoms in total. The minimum Gasteiger partial charge on any atom is -0.507 e. The molecule has 0 unspecified atom stereocenters. The van der Waals surface area contributed by atoms with Gasteiger partial charge in [0.25, 0.3) is 0 Å². The van der Waals surface area contributed by atoms with Gasteiger partial charge in [-0.1, -0.05) is 36.5 Å². The Morgan fingerprint density at radius 2 is 1.52 bits per heavy atom. The molecule has 5 heteroatoms. The summed E-state index contributed by atoms with van der Waals surface area (Å²) in [6.07, 6.45) is 1.10. The summed E-state index contributed by atoms with van der Waals surface area (Å²) in [4.78, 5) is 13.2. The van der Waals surface area contributed by atoms with E-state index in [9.17, 15) is 15.0 Å². The minimum absolute atomic E-state index is 0.0408. The second-order valence-corrected chi connectivity index (χ2v) is 8.76. The van der Waals surface area contributed by atoms with Crippen molar-refractivity contribution in [2.75, 3.05) is 7.11 Å². The summed E-state index contributed by atoms with van der Waals surface area (Å²) in [5, 5.41) is 22.0. The third kappa shape index (κ3) is 4.87. The number of ether oxygens (including phenoxy) is 1. The van der Waals surface area contributed by atoms with Gasteiger partial charge in [0.1, 0.15) is 34.0 Å². The van der Waals surface area contributed by atoms with Gasteiger partial charge in [0.2, 0.25) is 0 Å². The molecule has 1 aromatic heterocycles. The Balaban J connectivity index is 2.39. The Hall–Kier alpha value is -3.73. The smallest absolute Gasteiger partial charge is 0.197 e. The van der Waals surface area contributed by atoms with Gasteiger partial charge in [-0.05, 0) is 51.0 Å². The van der Waals surface area contributed by atoms with Crippen molar-refractivity contribution in [3.05, 3.63) is 87.6 Å². The van der Waals surface area contributed by atoms with Crippen LogP contribution >= 0.6 is 0 Å². The van der Waals surface area contributed by atoms with E-state index in [2.05, 4.69) is 19.7 Å². The first-order chi connectivity index (χ1) is 15.5. The second-order valence-electron chi connectivity index (χ2n) is 8.76. The van der Waals surface area contributed by atoms with Crippen molar-refractivity contribution in [3.63, 3.8) is 0 Å². The lowest BCUT2D eigenvalue weighted by Gasteiger charge is -2.17. The number of allylic oxidation sites excluding steroid dienone is 3. The van der Waals surface area contributed by atoms with Crippen LogP contribution in [0.15, 0.2) is 69.9 Å². The van der Waals surface area contributed by atoms with E-state index in [-0.39, 0.29) is 34.5 Å². The summed E-state index contributed by atoms with van der Waals surface area (Å²) in [5.41, 5.74) is 4.49. The molecule has 33 heavy (non-hydrogen) atoms. The van der Waals surface area contributed by atoms with Gasteiger partial charge in [0.05, 0.1) is 7.11 Å².